The second-order valence-corrected chi connectivity index (χ2v) is 5.50. The van der Waals surface area contributed by atoms with Crippen molar-refractivity contribution in [1.82, 2.24) is 10.3 Å². The fourth-order valence-corrected chi connectivity index (χ4v) is 2.92. The first-order valence-corrected chi connectivity index (χ1v) is 7.51. The van der Waals surface area contributed by atoms with E-state index in [2.05, 4.69) is 16.9 Å². The van der Waals surface area contributed by atoms with Crippen molar-refractivity contribution < 1.29 is 14.3 Å². The molecule has 6 heteroatoms. The zero-order chi connectivity index (χ0) is 16.1. The first kappa shape index (κ1) is 16.0. The first-order valence-electron chi connectivity index (χ1n) is 6.69. The third kappa shape index (κ3) is 3.28. The predicted molar refractivity (Wildman–Crippen MR) is 87.9 cm³/mol. The van der Waals surface area contributed by atoms with Crippen molar-refractivity contribution in [3.63, 3.8) is 0 Å². The zero-order valence-electron chi connectivity index (χ0n) is 12.8. The molecule has 0 saturated carbocycles. The summed E-state index contributed by atoms with van der Waals surface area (Å²) in [6.07, 6.45) is 1.64. The number of carbonyl (C=O) groups excluding carboxylic acids is 1. The number of nitrogens with zero attached hydrogens (tertiary/aromatic N) is 1. The maximum Gasteiger partial charge on any atom is 0.263 e. The number of benzene rings is 1. The van der Waals surface area contributed by atoms with E-state index in [0.29, 0.717) is 28.6 Å². The highest BCUT2D eigenvalue weighted by Gasteiger charge is 2.16. The van der Waals surface area contributed by atoms with E-state index in [-0.39, 0.29) is 5.91 Å². The van der Waals surface area contributed by atoms with Crippen LogP contribution in [0.15, 0.2) is 30.9 Å². The van der Waals surface area contributed by atoms with Crippen molar-refractivity contribution in [1.29, 1.82) is 0 Å². The number of carbonyl (C=O) groups is 1. The van der Waals surface area contributed by atoms with Crippen molar-refractivity contribution in [2.24, 2.45) is 0 Å². The molecule has 0 saturated heterocycles. The minimum absolute atomic E-state index is 0.137. The van der Waals surface area contributed by atoms with Gasteiger partial charge in [0.15, 0.2) is 11.5 Å². The molecule has 1 heterocycles. The molecule has 0 aliphatic carbocycles. The molecule has 5 nitrogen and oxygen atoms in total. The summed E-state index contributed by atoms with van der Waals surface area (Å²) in [5, 5.41) is 3.53. The molecule has 0 spiro atoms. The molecule has 1 amide bonds. The summed E-state index contributed by atoms with van der Waals surface area (Å²) in [5.41, 5.74) is 1.59. The fraction of sp³-hybridized carbons (Fsp3) is 0.250. The van der Waals surface area contributed by atoms with Gasteiger partial charge in [-0.05, 0) is 25.1 Å². The highest BCUT2D eigenvalue weighted by molar-refractivity contribution is 7.17. The maximum atomic E-state index is 12.1. The number of thiazole rings is 1. The average Bonchev–Trinajstić information content (AvgIpc) is 2.93. The molecular weight excluding hydrogens is 300 g/mol. The lowest BCUT2D eigenvalue weighted by Crippen LogP contribution is -2.22. The van der Waals surface area contributed by atoms with Crippen LogP contribution in [0.4, 0.5) is 0 Å². The average molecular weight is 318 g/mol. The number of amides is 1. The number of aromatic nitrogens is 1. The number of hydrogen-bond acceptors (Lipinski definition) is 5. The first-order chi connectivity index (χ1) is 10.6. The Morgan fingerprint density at radius 2 is 2.09 bits per heavy atom. The molecule has 1 aromatic carbocycles. The third-order valence-corrected chi connectivity index (χ3v) is 4.25. The van der Waals surface area contributed by atoms with Gasteiger partial charge in [-0.2, -0.15) is 0 Å². The second kappa shape index (κ2) is 7.09. The number of nitrogens with one attached hydrogen (secondary N) is 1. The Balaban J connectivity index is 2.34. The van der Waals surface area contributed by atoms with Crippen LogP contribution in [-0.4, -0.2) is 31.7 Å². The van der Waals surface area contributed by atoms with Crippen molar-refractivity contribution in [3.8, 4) is 22.1 Å². The summed E-state index contributed by atoms with van der Waals surface area (Å²) in [4.78, 5) is 17.1. The van der Waals surface area contributed by atoms with Crippen LogP contribution in [0.25, 0.3) is 10.6 Å². The van der Waals surface area contributed by atoms with Gasteiger partial charge >= 0.3 is 0 Å². The van der Waals surface area contributed by atoms with Crippen molar-refractivity contribution in [2.75, 3.05) is 20.8 Å². The van der Waals surface area contributed by atoms with Gasteiger partial charge < -0.3 is 14.8 Å². The van der Waals surface area contributed by atoms with Crippen molar-refractivity contribution in [2.45, 2.75) is 6.92 Å². The van der Waals surface area contributed by atoms with E-state index in [1.165, 1.54) is 11.3 Å². The summed E-state index contributed by atoms with van der Waals surface area (Å²) in [6.45, 7) is 5.84. The van der Waals surface area contributed by atoms with Gasteiger partial charge in [-0.15, -0.1) is 17.9 Å². The van der Waals surface area contributed by atoms with Crippen LogP contribution < -0.4 is 14.8 Å². The van der Waals surface area contributed by atoms with Gasteiger partial charge in [-0.25, -0.2) is 4.98 Å². The maximum absolute atomic E-state index is 12.1. The highest BCUT2D eigenvalue weighted by atomic mass is 32.1. The van der Waals surface area contributed by atoms with E-state index < -0.39 is 0 Å². The van der Waals surface area contributed by atoms with Crippen LogP contribution in [0.3, 0.4) is 0 Å². The standard InChI is InChI=1S/C16H18N2O3S/c1-5-8-17-15(19)14-10(2)18-16(22-14)11-6-7-12(20-3)13(9-11)21-4/h5-7,9H,1,8H2,2-4H3,(H,17,19). The normalized spacial score (nSPS) is 10.1. The monoisotopic (exact) mass is 318 g/mol. The molecule has 0 radical (unpaired) electrons. The Labute approximate surface area is 133 Å². The summed E-state index contributed by atoms with van der Waals surface area (Å²) in [6, 6.07) is 5.57. The van der Waals surface area contributed by atoms with E-state index in [1.54, 1.807) is 20.3 Å². The topological polar surface area (TPSA) is 60.5 Å². The Kier molecular flexibility index (Phi) is 5.16. The van der Waals surface area contributed by atoms with Gasteiger partial charge in [0.2, 0.25) is 0 Å². The minimum Gasteiger partial charge on any atom is -0.493 e. The Hall–Kier alpha value is -2.34. The van der Waals surface area contributed by atoms with Crippen LogP contribution in [0, 0.1) is 6.92 Å². The van der Waals surface area contributed by atoms with Gasteiger partial charge in [-0.1, -0.05) is 6.08 Å². The van der Waals surface area contributed by atoms with E-state index in [0.717, 1.165) is 10.6 Å². The quantitative estimate of drug-likeness (QED) is 0.832. The van der Waals surface area contributed by atoms with E-state index >= 15 is 0 Å². The number of aryl methyl sites for hydroxylation is 1. The van der Waals surface area contributed by atoms with Crippen molar-refractivity contribution in [3.05, 3.63) is 41.4 Å². The largest absolute Gasteiger partial charge is 0.493 e. The van der Waals surface area contributed by atoms with Crippen LogP contribution in [0.1, 0.15) is 15.4 Å². The molecule has 1 aromatic heterocycles. The van der Waals surface area contributed by atoms with Crippen LogP contribution in [-0.2, 0) is 0 Å². The molecule has 0 unspecified atom stereocenters. The molecule has 0 aliphatic heterocycles. The Morgan fingerprint density at radius 1 is 1.36 bits per heavy atom. The SMILES string of the molecule is C=CCNC(=O)c1sc(-c2ccc(OC)c(OC)c2)nc1C. The third-order valence-electron chi connectivity index (χ3n) is 3.04. The highest BCUT2D eigenvalue weighted by Crippen LogP contribution is 2.34. The zero-order valence-corrected chi connectivity index (χ0v) is 13.6. The lowest BCUT2D eigenvalue weighted by Gasteiger charge is -2.08. The molecule has 2 rings (SSSR count). The molecule has 0 bridgehead atoms. The summed E-state index contributed by atoms with van der Waals surface area (Å²) < 4.78 is 10.5. The Bertz CT molecular complexity index is 695. The van der Waals surface area contributed by atoms with E-state index in [9.17, 15) is 4.79 Å². The van der Waals surface area contributed by atoms with Gasteiger partial charge in [-0.3, -0.25) is 4.79 Å². The molecule has 0 aliphatic rings. The number of ether oxygens (including phenoxy) is 2. The smallest absolute Gasteiger partial charge is 0.263 e. The predicted octanol–water partition coefficient (Wildman–Crippen LogP) is 3.05. The molecular formula is C16H18N2O3S. The van der Waals surface area contributed by atoms with E-state index in [1.807, 2.05) is 25.1 Å². The molecule has 0 fully saturated rings. The van der Waals surface area contributed by atoms with Crippen LogP contribution >= 0.6 is 11.3 Å². The molecule has 2 aromatic rings. The lowest BCUT2D eigenvalue weighted by atomic mass is 10.2. The fourth-order valence-electron chi connectivity index (χ4n) is 1.94. The van der Waals surface area contributed by atoms with Gasteiger partial charge in [0, 0.05) is 12.1 Å². The number of rotatable bonds is 6. The number of methoxy groups -OCH3 is 2. The second-order valence-electron chi connectivity index (χ2n) is 4.50. The Morgan fingerprint density at radius 3 is 2.73 bits per heavy atom. The number of hydrogen-bond donors (Lipinski definition) is 1. The summed E-state index contributed by atoms with van der Waals surface area (Å²) in [7, 11) is 3.18. The van der Waals surface area contributed by atoms with Gasteiger partial charge in [0.1, 0.15) is 9.88 Å². The molecule has 116 valence electrons. The summed E-state index contributed by atoms with van der Waals surface area (Å²) in [5.74, 6) is 1.15. The minimum atomic E-state index is -0.137. The molecule has 0 atom stereocenters. The lowest BCUT2D eigenvalue weighted by molar-refractivity contribution is 0.0961. The molecule has 1 N–H and O–H groups in total. The van der Waals surface area contributed by atoms with Crippen LogP contribution in [0.2, 0.25) is 0 Å². The van der Waals surface area contributed by atoms with Crippen molar-refractivity contribution >= 4 is 17.2 Å². The van der Waals surface area contributed by atoms with E-state index in [4.69, 9.17) is 9.47 Å². The molecule has 22 heavy (non-hydrogen) atoms. The summed E-state index contributed by atoms with van der Waals surface area (Å²) >= 11 is 1.35. The van der Waals surface area contributed by atoms with Crippen LogP contribution in [0.5, 0.6) is 11.5 Å². The van der Waals surface area contributed by atoms with Gasteiger partial charge in [0.25, 0.3) is 5.91 Å². The van der Waals surface area contributed by atoms with Gasteiger partial charge in [0.05, 0.1) is 19.9 Å².